The molecule has 1 rings (SSSR count). The van der Waals surface area contributed by atoms with Gasteiger partial charge >= 0.3 is 11.9 Å². The normalized spacial score (nSPS) is 24.4. The first-order chi connectivity index (χ1) is 9.30. The van der Waals surface area contributed by atoms with Gasteiger partial charge in [0.25, 0.3) is 0 Å². The molecule has 0 spiro atoms. The van der Waals surface area contributed by atoms with Crippen LogP contribution < -0.4 is 0 Å². The van der Waals surface area contributed by atoms with E-state index >= 15 is 0 Å². The van der Waals surface area contributed by atoms with Crippen molar-refractivity contribution in [1.82, 2.24) is 0 Å². The summed E-state index contributed by atoms with van der Waals surface area (Å²) in [5, 5.41) is 9.55. The molecule has 114 valence electrons. The molecule has 20 heavy (non-hydrogen) atoms. The maximum Gasteiger partial charge on any atom is 0.324 e. The van der Waals surface area contributed by atoms with Crippen LogP contribution in [0.25, 0.3) is 0 Å². The molecular weight excluding hydrogens is 284 g/mol. The lowest BCUT2D eigenvalue weighted by atomic mass is 9.72. The maximum absolute atomic E-state index is 12.2. The molecule has 1 aliphatic heterocycles. The fraction of sp³-hybridized carbons (Fsp3) is 0.692. The van der Waals surface area contributed by atoms with E-state index in [1.54, 1.807) is 26.0 Å². The maximum atomic E-state index is 12.2. The number of rotatable bonds is 6. The first-order valence-electron chi connectivity index (χ1n) is 6.52. The van der Waals surface area contributed by atoms with Crippen molar-refractivity contribution in [3.8, 4) is 0 Å². The largest absolute Gasteiger partial charge is 0.480 e. The van der Waals surface area contributed by atoms with E-state index in [2.05, 4.69) is 0 Å². The number of carbonyl (C=O) groups is 2. The van der Waals surface area contributed by atoms with Gasteiger partial charge in [-0.1, -0.05) is 12.2 Å². The summed E-state index contributed by atoms with van der Waals surface area (Å²) in [7, 11) is -3.28. The third-order valence-corrected chi connectivity index (χ3v) is 5.39. The van der Waals surface area contributed by atoms with E-state index in [1.165, 1.54) is 0 Å². The van der Waals surface area contributed by atoms with Gasteiger partial charge in [-0.2, -0.15) is 0 Å². The summed E-state index contributed by atoms with van der Waals surface area (Å²) in [6.45, 7) is 3.36. The molecule has 2 atom stereocenters. The molecule has 1 fully saturated rings. The van der Waals surface area contributed by atoms with Gasteiger partial charge < -0.3 is 9.84 Å². The van der Waals surface area contributed by atoms with Crippen LogP contribution in [0.15, 0.2) is 12.2 Å². The number of sulfone groups is 1. The summed E-state index contributed by atoms with van der Waals surface area (Å²) in [6.07, 6.45) is 3.32. The van der Waals surface area contributed by atoms with Crippen LogP contribution in [0.1, 0.15) is 26.7 Å². The molecule has 0 amide bonds. The van der Waals surface area contributed by atoms with Crippen LogP contribution in [0.2, 0.25) is 0 Å². The van der Waals surface area contributed by atoms with Gasteiger partial charge in [0.2, 0.25) is 0 Å². The van der Waals surface area contributed by atoms with Gasteiger partial charge in [0.15, 0.2) is 15.3 Å². The molecule has 0 aromatic rings. The second kappa shape index (κ2) is 6.39. The molecule has 0 saturated carbocycles. The molecule has 0 aromatic carbocycles. The van der Waals surface area contributed by atoms with Crippen molar-refractivity contribution in [2.75, 3.05) is 18.1 Å². The van der Waals surface area contributed by atoms with Gasteiger partial charge in [0.05, 0.1) is 18.1 Å². The van der Waals surface area contributed by atoms with Crippen LogP contribution in [0, 0.1) is 11.3 Å². The molecule has 0 aromatic heterocycles. The van der Waals surface area contributed by atoms with Crippen molar-refractivity contribution in [2.45, 2.75) is 26.7 Å². The monoisotopic (exact) mass is 304 g/mol. The molecule has 1 aliphatic rings. The van der Waals surface area contributed by atoms with Gasteiger partial charge in [-0.05, 0) is 26.7 Å². The molecule has 1 saturated heterocycles. The minimum atomic E-state index is -3.28. The molecule has 7 heteroatoms. The summed E-state index contributed by atoms with van der Waals surface area (Å²) in [5.41, 5.74) is -1.81. The number of carboxylic acid groups (broad SMARTS) is 1. The Hall–Kier alpha value is -1.37. The lowest BCUT2D eigenvalue weighted by Gasteiger charge is -2.31. The topological polar surface area (TPSA) is 97.7 Å². The number of aliphatic carboxylic acids is 1. The highest BCUT2D eigenvalue weighted by Crippen LogP contribution is 2.41. The van der Waals surface area contributed by atoms with E-state index in [0.717, 1.165) is 0 Å². The molecular formula is C13H20O6S. The zero-order chi connectivity index (χ0) is 15.4. The van der Waals surface area contributed by atoms with E-state index in [0.29, 0.717) is 0 Å². The second-order valence-corrected chi connectivity index (χ2v) is 7.10. The number of allylic oxidation sites excluding steroid dienone is 2. The average molecular weight is 304 g/mol. The minimum Gasteiger partial charge on any atom is -0.480 e. The summed E-state index contributed by atoms with van der Waals surface area (Å²) in [4.78, 5) is 23.9. The molecule has 0 radical (unpaired) electrons. The van der Waals surface area contributed by atoms with E-state index in [9.17, 15) is 23.1 Å². The molecule has 1 heterocycles. The summed E-state index contributed by atoms with van der Waals surface area (Å²) in [5.74, 6) is -3.29. The molecule has 6 nitrogen and oxygen atoms in total. The van der Waals surface area contributed by atoms with Crippen LogP contribution in [0.4, 0.5) is 0 Å². The third kappa shape index (κ3) is 3.20. The Morgan fingerprint density at radius 1 is 1.45 bits per heavy atom. The Bertz CT molecular complexity index is 507. The highest BCUT2D eigenvalue weighted by atomic mass is 32.2. The Morgan fingerprint density at radius 2 is 2.10 bits per heavy atom. The van der Waals surface area contributed by atoms with Crippen molar-refractivity contribution in [2.24, 2.45) is 11.3 Å². The third-order valence-electron chi connectivity index (χ3n) is 3.63. The molecule has 2 unspecified atom stereocenters. The van der Waals surface area contributed by atoms with Crippen LogP contribution in [-0.4, -0.2) is 43.6 Å². The summed E-state index contributed by atoms with van der Waals surface area (Å²) < 4.78 is 28.1. The van der Waals surface area contributed by atoms with Gasteiger partial charge in [-0.15, -0.1) is 0 Å². The minimum absolute atomic E-state index is 0.0577. The number of ether oxygens (including phenoxy) is 1. The highest BCUT2D eigenvalue weighted by Gasteiger charge is 2.56. The van der Waals surface area contributed by atoms with Gasteiger partial charge in [0, 0.05) is 5.92 Å². The van der Waals surface area contributed by atoms with Crippen molar-refractivity contribution in [3.63, 3.8) is 0 Å². The Morgan fingerprint density at radius 3 is 2.50 bits per heavy atom. The smallest absolute Gasteiger partial charge is 0.324 e. The number of hydrogen-bond donors (Lipinski definition) is 1. The SMILES string of the molecule is C/C=C/CC(C(=O)O)(C(=O)OCC)C1CCS(=O)(=O)C1. The lowest BCUT2D eigenvalue weighted by Crippen LogP contribution is -2.47. The predicted molar refractivity (Wildman–Crippen MR) is 72.9 cm³/mol. The zero-order valence-electron chi connectivity index (χ0n) is 11.7. The van der Waals surface area contributed by atoms with E-state index in [4.69, 9.17) is 4.74 Å². The Balaban J connectivity index is 3.22. The number of carbonyl (C=O) groups excluding carboxylic acids is 1. The van der Waals surface area contributed by atoms with Gasteiger partial charge in [-0.25, -0.2) is 8.42 Å². The Labute approximate surface area is 118 Å². The molecule has 1 N–H and O–H groups in total. The van der Waals surface area contributed by atoms with E-state index in [1.807, 2.05) is 0 Å². The van der Waals surface area contributed by atoms with Gasteiger partial charge in [-0.3, -0.25) is 9.59 Å². The first-order valence-corrected chi connectivity index (χ1v) is 8.34. The lowest BCUT2D eigenvalue weighted by molar-refractivity contribution is -0.172. The average Bonchev–Trinajstić information content (AvgIpc) is 2.71. The van der Waals surface area contributed by atoms with Crippen molar-refractivity contribution in [1.29, 1.82) is 0 Å². The van der Waals surface area contributed by atoms with Crippen LogP contribution in [-0.2, 0) is 24.2 Å². The van der Waals surface area contributed by atoms with Crippen LogP contribution in [0.5, 0.6) is 0 Å². The van der Waals surface area contributed by atoms with E-state index in [-0.39, 0.29) is 31.0 Å². The van der Waals surface area contributed by atoms with Crippen molar-refractivity contribution < 1.29 is 27.9 Å². The number of esters is 1. The van der Waals surface area contributed by atoms with E-state index < -0.39 is 33.1 Å². The standard InChI is InChI=1S/C13H20O6S/c1-3-5-7-13(11(14)15,12(16)19-4-2)10-6-8-20(17,18)9-10/h3,5,10H,4,6-9H2,1-2H3,(H,14,15)/b5-3+. The summed E-state index contributed by atoms with van der Waals surface area (Å²) >= 11 is 0. The fourth-order valence-electron chi connectivity index (χ4n) is 2.51. The number of carboxylic acids is 1. The Kier molecular flexibility index (Phi) is 5.33. The van der Waals surface area contributed by atoms with Gasteiger partial charge in [0.1, 0.15) is 0 Å². The zero-order valence-corrected chi connectivity index (χ0v) is 12.5. The molecule has 0 aliphatic carbocycles. The number of hydrogen-bond acceptors (Lipinski definition) is 5. The summed E-state index contributed by atoms with van der Waals surface area (Å²) in [6, 6.07) is 0. The van der Waals surface area contributed by atoms with Crippen molar-refractivity contribution in [3.05, 3.63) is 12.2 Å². The van der Waals surface area contributed by atoms with Crippen LogP contribution >= 0.6 is 0 Å². The second-order valence-electron chi connectivity index (χ2n) is 4.87. The van der Waals surface area contributed by atoms with Crippen molar-refractivity contribution >= 4 is 21.8 Å². The van der Waals surface area contributed by atoms with Crippen LogP contribution in [0.3, 0.4) is 0 Å². The fourth-order valence-corrected chi connectivity index (χ4v) is 4.39. The molecule has 0 bridgehead atoms. The first kappa shape index (κ1) is 16.7. The quantitative estimate of drug-likeness (QED) is 0.447. The highest BCUT2D eigenvalue weighted by molar-refractivity contribution is 7.91. The predicted octanol–water partition coefficient (Wildman–Crippen LogP) is 1.02.